The molecule has 0 aliphatic rings. The first kappa shape index (κ1) is 17.7. The summed E-state index contributed by atoms with van der Waals surface area (Å²) < 4.78 is 13.5. The molecule has 0 aliphatic heterocycles. The zero-order chi connectivity index (χ0) is 18.8. The summed E-state index contributed by atoms with van der Waals surface area (Å²) in [5.74, 6) is 0. The zero-order valence-electron chi connectivity index (χ0n) is 15.0. The van der Waals surface area contributed by atoms with Gasteiger partial charge >= 0.3 is 0 Å². The van der Waals surface area contributed by atoms with E-state index < -0.39 is 16.9 Å². The number of rotatable bonds is 4. The topological polar surface area (TPSA) is 37.3 Å². The lowest BCUT2D eigenvalue weighted by Gasteiger charge is -2.18. The number of hydrogen-bond acceptors (Lipinski definition) is 2. The largest absolute Gasteiger partial charge is 0.384 e. The second-order valence-corrected chi connectivity index (χ2v) is 8.02. The second kappa shape index (κ2) is 7.47. The number of aliphatic hydroxyl groups excluding tert-OH is 1. The first-order chi connectivity index (χ1) is 13.1. The monoisotopic (exact) mass is 372 g/mol. The molecular weight excluding hydrogens is 352 g/mol. The molecule has 2 atom stereocenters. The first-order valence-electron chi connectivity index (χ1n) is 8.88. The van der Waals surface area contributed by atoms with Gasteiger partial charge in [0.15, 0.2) is 0 Å². The Labute approximate surface area is 161 Å². The molecule has 3 heteroatoms. The van der Waals surface area contributed by atoms with E-state index in [9.17, 15) is 9.32 Å². The van der Waals surface area contributed by atoms with Crippen LogP contribution in [0.2, 0.25) is 0 Å². The standard InChI is InChI=1S/C24H20O2S/c1-17-11-14-20(15-12-17)27(26)24-21-10-6-5-7-18(21)13-16-22(24)23(25)19-8-3-2-4-9-19/h2-16,23,25H,1H3/t23-,27?/m1/s1. The van der Waals surface area contributed by atoms with Crippen LogP contribution in [0, 0.1) is 6.92 Å². The van der Waals surface area contributed by atoms with Crippen molar-refractivity contribution in [2.45, 2.75) is 22.8 Å². The predicted molar refractivity (Wildman–Crippen MR) is 110 cm³/mol. The maximum Gasteiger partial charge on any atom is 0.105 e. The lowest BCUT2D eigenvalue weighted by atomic mass is 9.98. The molecule has 1 N–H and O–H groups in total. The minimum Gasteiger partial charge on any atom is -0.384 e. The molecule has 0 radical (unpaired) electrons. The molecule has 4 aromatic rings. The van der Waals surface area contributed by atoms with Gasteiger partial charge in [0.25, 0.3) is 0 Å². The van der Waals surface area contributed by atoms with E-state index in [0.717, 1.165) is 26.8 Å². The molecule has 0 bridgehead atoms. The molecule has 27 heavy (non-hydrogen) atoms. The van der Waals surface area contributed by atoms with Gasteiger partial charge in [0.1, 0.15) is 6.10 Å². The molecule has 2 nitrogen and oxygen atoms in total. The van der Waals surface area contributed by atoms with Gasteiger partial charge in [-0.05, 0) is 35.4 Å². The minimum absolute atomic E-state index is 0.674. The Morgan fingerprint density at radius 3 is 2.19 bits per heavy atom. The van der Waals surface area contributed by atoms with Crippen molar-refractivity contribution in [3.8, 4) is 0 Å². The van der Waals surface area contributed by atoms with E-state index in [1.807, 2.05) is 97.9 Å². The summed E-state index contributed by atoms with van der Waals surface area (Å²) in [7, 11) is -1.40. The average molecular weight is 372 g/mol. The fraction of sp³-hybridized carbons (Fsp3) is 0.0833. The second-order valence-electron chi connectivity index (χ2n) is 6.60. The summed E-state index contributed by atoms with van der Waals surface area (Å²) >= 11 is 0. The molecule has 0 saturated carbocycles. The molecule has 1 unspecified atom stereocenters. The molecule has 0 aliphatic carbocycles. The van der Waals surface area contributed by atoms with Crippen molar-refractivity contribution in [3.63, 3.8) is 0 Å². The summed E-state index contributed by atoms with van der Waals surface area (Å²) in [6.45, 7) is 2.01. The highest BCUT2D eigenvalue weighted by Gasteiger charge is 2.21. The predicted octanol–water partition coefficient (Wildman–Crippen LogP) is 5.40. The van der Waals surface area contributed by atoms with E-state index in [-0.39, 0.29) is 0 Å². The van der Waals surface area contributed by atoms with Gasteiger partial charge < -0.3 is 5.11 Å². The molecule has 0 amide bonds. The minimum atomic E-state index is -1.40. The fourth-order valence-corrected chi connectivity index (χ4v) is 4.68. The van der Waals surface area contributed by atoms with E-state index in [1.54, 1.807) is 0 Å². The molecule has 0 heterocycles. The summed E-state index contributed by atoms with van der Waals surface area (Å²) in [6.07, 6.45) is -0.833. The quantitative estimate of drug-likeness (QED) is 0.521. The Hall–Kier alpha value is -2.75. The van der Waals surface area contributed by atoms with Crippen LogP contribution in [0.4, 0.5) is 0 Å². The highest BCUT2D eigenvalue weighted by atomic mass is 32.2. The van der Waals surface area contributed by atoms with Gasteiger partial charge in [-0.1, -0.05) is 84.4 Å². The number of benzene rings is 4. The molecule has 0 fully saturated rings. The Kier molecular flexibility index (Phi) is 4.88. The van der Waals surface area contributed by atoms with Crippen LogP contribution in [0.1, 0.15) is 22.8 Å². The van der Waals surface area contributed by atoms with Gasteiger partial charge in [-0.2, -0.15) is 0 Å². The zero-order valence-corrected chi connectivity index (χ0v) is 15.8. The summed E-state index contributed by atoms with van der Waals surface area (Å²) in [5, 5.41) is 13.0. The number of hydrogen-bond donors (Lipinski definition) is 1. The van der Waals surface area contributed by atoms with Gasteiger partial charge in [-0.15, -0.1) is 0 Å². The van der Waals surface area contributed by atoms with Crippen LogP contribution in [-0.2, 0) is 10.8 Å². The number of fused-ring (bicyclic) bond motifs is 1. The van der Waals surface area contributed by atoms with Gasteiger partial charge in [0.2, 0.25) is 0 Å². The van der Waals surface area contributed by atoms with Gasteiger partial charge in [-0.3, -0.25) is 0 Å². The lowest BCUT2D eigenvalue weighted by Crippen LogP contribution is -2.06. The molecule has 0 aromatic heterocycles. The van der Waals surface area contributed by atoms with Crippen LogP contribution in [0.5, 0.6) is 0 Å². The number of aryl methyl sites for hydroxylation is 1. The van der Waals surface area contributed by atoms with E-state index >= 15 is 0 Å². The Balaban J connectivity index is 1.93. The molecule has 0 saturated heterocycles. The third-order valence-corrected chi connectivity index (χ3v) is 6.27. The van der Waals surface area contributed by atoms with E-state index in [0.29, 0.717) is 10.5 Å². The fourth-order valence-electron chi connectivity index (χ4n) is 3.28. The van der Waals surface area contributed by atoms with E-state index in [1.165, 1.54) is 0 Å². The van der Waals surface area contributed by atoms with Crippen molar-refractivity contribution in [1.82, 2.24) is 0 Å². The molecular formula is C24H20O2S. The highest BCUT2D eigenvalue weighted by molar-refractivity contribution is 7.85. The summed E-state index contributed by atoms with van der Waals surface area (Å²) in [4.78, 5) is 1.41. The lowest BCUT2D eigenvalue weighted by molar-refractivity contribution is 0.217. The van der Waals surface area contributed by atoms with Gasteiger partial charge in [-0.25, -0.2) is 4.21 Å². The van der Waals surface area contributed by atoms with Crippen LogP contribution in [-0.4, -0.2) is 9.32 Å². The van der Waals surface area contributed by atoms with E-state index in [4.69, 9.17) is 0 Å². The smallest absolute Gasteiger partial charge is 0.105 e. The van der Waals surface area contributed by atoms with Crippen molar-refractivity contribution in [3.05, 3.63) is 108 Å². The Bertz CT molecular complexity index is 1100. The van der Waals surface area contributed by atoms with Crippen LogP contribution < -0.4 is 0 Å². The maximum absolute atomic E-state index is 13.5. The summed E-state index contributed by atoms with van der Waals surface area (Å²) in [5.41, 5.74) is 2.59. The first-order valence-corrected chi connectivity index (χ1v) is 10.0. The van der Waals surface area contributed by atoms with Crippen molar-refractivity contribution in [1.29, 1.82) is 0 Å². The van der Waals surface area contributed by atoms with Gasteiger partial charge in [0, 0.05) is 10.5 Å². The third-order valence-electron chi connectivity index (χ3n) is 4.74. The van der Waals surface area contributed by atoms with Gasteiger partial charge in [0.05, 0.1) is 15.7 Å². The highest BCUT2D eigenvalue weighted by Crippen LogP contribution is 2.34. The normalized spacial score (nSPS) is 13.4. The Morgan fingerprint density at radius 1 is 0.778 bits per heavy atom. The number of aliphatic hydroxyl groups is 1. The SMILES string of the molecule is Cc1ccc(S(=O)c2c([C@H](O)c3ccccc3)ccc3ccccc23)cc1. The van der Waals surface area contributed by atoms with Crippen LogP contribution >= 0.6 is 0 Å². The molecule has 4 rings (SSSR count). The van der Waals surface area contributed by atoms with Crippen molar-refractivity contribution in [2.24, 2.45) is 0 Å². The maximum atomic E-state index is 13.5. The van der Waals surface area contributed by atoms with Crippen LogP contribution in [0.25, 0.3) is 10.8 Å². The summed E-state index contributed by atoms with van der Waals surface area (Å²) in [6, 6.07) is 29.0. The molecule has 134 valence electrons. The van der Waals surface area contributed by atoms with Crippen LogP contribution in [0.15, 0.2) is 101 Å². The molecule has 4 aromatic carbocycles. The van der Waals surface area contributed by atoms with Crippen molar-refractivity contribution < 1.29 is 9.32 Å². The van der Waals surface area contributed by atoms with E-state index in [2.05, 4.69) is 0 Å². The Morgan fingerprint density at radius 2 is 1.44 bits per heavy atom. The van der Waals surface area contributed by atoms with Crippen molar-refractivity contribution in [2.75, 3.05) is 0 Å². The average Bonchev–Trinajstić information content (AvgIpc) is 2.73. The van der Waals surface area contributed by atoms with Crippen molar-refractivity contribution >= 4 is 21.6 Å². The molecule has 0 spiro atoms. The third kappa shape index (κ3) is 3.44. The van der Waals surface area contributed by atoms with Crippen LogP contribution in [0.3, 0.4) is 0 Å².